The minimum absolute atomic E-state index is 0.0508. The molecule has 0 bridgehead atoms. The number of hydrogen-bond donors (Lipinski definition) is 1. The Hall–Kier alpha value is -1.04. The molecule has 1 aromatic carbocycles. The molecule has 0 heterocycles. The second-order valence-corrected chi connectivity index (χ2v) is 6.42. The standard InChI is InChI=1S/C12H14Cl2N2O2S/c1-8(2)12(15)16-19(17,18)7-6-9-10(13)4-3-5-11(9)14/h3-8H,1-2H3,(H2,15,16). The Kier molecular flexibility index (Phi) is 5.40. The summed E-state index contributed by atoms with van der Waals surface area (Å²) in [7, 11) is -3.79. The van der Waals surface area contributed by atoms with E-state index in [0.29, 0.717) is 15.6 Å². The average Bonchev–Trinajstić information content (AvgIpc) is 2.27. The number of sulfonamides is 1. The molecular formula is C12H14Cl2N2O2S. The predicted octanol–water partition coefficient (Wildman–Crippen LogP) is 3.31. The maximum atomic E-state index is 11.7. The highest BCUT2D eigenvalue weighted by Gasteiger charge is 2.08. The smallest absolute Gasteiger partial charge is 0.277 e. The quantitative estimate of drug-likeness (QED) is 0.683. The predicted molar refractivity (Wildman–Crippen MR) is 80.9 cm³/mol. The van der Waals surface area contributed by atoms with Gasteiger partial charge in [-0.1, -0.05) is 43.1 Å². The molecule has 1 aromatic rings. The van der Waals surface area contributed by atoms with Gasteiger partial charge in [-0.25, -0.2) is 0 Å². The Morgan fingerprint density at radius 3 is 2.32 bits per heavy atom. The summed E-state index contributed by atoms with van der Waals surface area (Å²) in [4.78, 5) is 0. The van der Waals surface area contributed by atoms with Gasteiger partial charge in [-0.3, -0.25) is 0 Å². The van der Waals surface area contributed by atoms with Gasteiger partial charge in [0.15, 0.2) is 0 Å². The van der Waals surface area contributed by atoms with E-state index in [2.05, 4.69) is 4.40 Å². The Bertz CT molecular complexity index is 602. The molecule has 0 aliphatic carbocycles. The number of halogens is 2. The first-order valence-electron chi connectivity index (χ1n) is 5.45. The third kappa shape index (κ3) is 4.86. The van der Waals surface area contributed by atoms with Crippen molar-refractivity contribution in [3.05, 3.63) is 39.2 Å². The molecule has 0 fully saturated rings. The van der Waals surface area contributed by atoms with E-state index in [9.17, 15) is 8.42 Å². The monoisotopic (exact) mass is 320 g/mol. The first-order valence-corrected chi connectivity index (χ1v) is 7.71. The highest BCUT2D eigenvalue weighted by molar-refractivity contribution is 7.93. The first-order chi connectivity index (χ1) is 8.73. The van der Waals surface area contributed by atoms with Gasteiger partial charge in [0.05, 0.1) is 5.41 Å². The summed E-state index contributed by atoms with van der Waals surface area (Å²) in [5.41, 5.74) is 5.94. The molecule has 0 aromatic heterocycles. The molecule has 0 aliphatic rings. The zero-order valence-electron chi connectivity index (χ0n) is 10.5. The molecule has 0 spiro atoms. The van der Waals surface area contributed by atoms with Crippen LogP contribution in [-0.4, -0.2) is 14.3 Å². The van der Waals surface area contributed by atoms with Gasteiger partial charge in [-0.15, -0.1) is 4.40 Å². The van der Waals surface area contributed by atoms with E-state index in [1.54, 1.807) is 32.0 Å². The molecule has 2 N–H and O–H groups in total. The number of hydrogen-bond acceptors (Lipinski definition) is 2. The molecular weight excluding hydrogens is 307 g/mol. The molecule has 4 nitrogen and oxygen atoms in total. The molecule has 7 heteroatoms. The molecule has 104 valence electrons. The van der Waals surface area contributed by atoms with E-state index in [0.717, 1.165) is 5.41 Å². The maximum absolute atomic E-state index is 11.7. The van der Waals surface area contributed by atoms with Crippen LogP contribution in [0.5, 0.6) is 0 Å². The van der Waals surface area contributed by atoms with Crippen LogP contribution in [0.4, 0.5) is 0 Å². The van der Waals surface area contributed by atoms with Crippen LogP contribution in [0.3, 0.4) is 0 Å². The van der Waals surface area contributed by atoms with Crippen molar-refractivity contribution in [2.75, 3.05) is 0 Å². The van der Waals surface area contributed by atoms with Crippen molar-refractivity contribution in [3.8, 4) is 0 Å². The van der Waals surface area contributed by atoms with Crippen LogP contribution >= 0.6 is 23.2 Å². The number of benzene rings is 1. The molecule has 0 unspecified atom stereocenters. The lowest BCUT2D eigenvalue weighted by atomic mass is 10.2. The second-order valence-electron chi connectivity index (χ2n) is 4.12. The Balaban J connectivity index is 3.09. The fourth-order valence-corrected chi connectivity index (χ4v) is 2.50. The highest BCUT2D eigenvalue weighted by Crippen LogP contribution is 2.25. The van der Waals surface area contributed by atoms with Gasteiger partial charge in [-0.05, 0) is 18.2 Å². The molecule has 0 atom stereocenters. The van der Waals surface area contributed by atoms with Crippen LogP contribution in [0.1, 0.15) is 19.4 Å². The number of rotatable bonds is 4. The highest BCUT2D eigenvalue weighted by atomic mass is 35.5. The molecule has 19 heavy (non-hydrogen) atoms. The third-order valence-electron chi connectivity index (χ3n) is 2.23. The minimum Gasteiger partial charge on any atom is -0.386 e. The minimum atomic E-state index is -3.79. The van der Waals surface area contributed by atoms with E-state index < -0.39 is 10.0 Å². The van der Waals surface area contributed by atoms with E-state index in [1.165, 1.54) is 6.08 Å². The van der Waals surface area contributed by atoms with Gasteiger partial charge < -0.3 is 5.73 Å². The SMILES string of the molecule is CC(C)C(N)=NS(=O)(=O)C=Cc1c(Cl)cccc1Cl. The topological polar surface area (TPSA) is 72.5 Å². The lowest BCUT2D eigenvalue weighted by Crippen LogP contribution is -2.20. The summed E-state index contributed by atoms with van der Waals surface area (Å²) >= 11 is 11.8. The summed E-state index contributed by atoms with van der Waals surface area (Å²) in [6.07, 6.45) is 1.30. The summed E-state index contributed by atoms with van der Waals surface area (Å²) in [6.45, 7) is 3.51. The molecule has 0 aliphatic heterocycles. The molecule has 0 radical (unpaired) electrons. The van der Waals surface area contributed by atoms with Gasteiger partial charge >= 0.3 is 0 Å². The summed E-state index contributed by atoms with van der Waals surface area (Å²) in [5.74, 6) is -0.0954. The zero-order valence-corrected chi connectivity index (χ0v) is 12.8. The van der Waals surface area contributed by atoms with Crippen LogP contribution in [0, 0.1) is 5.92 Å². The average molecular weight is 321 g/mol. The van der Waals surface area contributed by atoms with Gasteiger partial charge in [0.25, 0.3) is 10.0 Å². The van der Waals surface area contributed by atoms with E-state index in [1.807, 2.05) is 0 Å². The maximum Gasteiger partial charge on any atom is 0.277 e. The van der Waals surface area contributed by atoms with Crippen molar-refractivity contribution in [2.24, 2.45) is 16.0 Å². The van der Waals surface area contributed by atoms with Crippen molar-refractivity contribution in [3.63, 3.8) is 0 Å². The molecule has 0 saturated heterocycles. The van der Waals surface area contributed by atoms with Crippen molar-refractivity contribution < 1.29 is 8.42 Å². The van der Waals surface area contributed by atoms with Crippen LogP contribution in [0.25, 0.3) is 6.08 Å². The van der Waals surface area contributed by atoms with Crippen molar-refractivity contribution >= 4 is 45.1 Å². The fraction of sp³-hybridized carbons (Fsp3) is 0.250. The third-order valence-corrected chi connectivity index (χ3v) is 3.84. The van der Waals surface area contributed by atoms with Gasteiger partial charge in [-0.2, -0.15) is 8.42 Å². The summed E-state index contributed by atoms with van der Waals surface area (Å²) < 4.78 is 26.9. The van der Waals surface area contributed by atoms with Crippen LogP contribution in [-0.2, 0) is 10.0 Å². The normalized spacial score (nSPS) is 13.4. The molecule has 0 saturated carbocycles. The fourth-order valence-electron chi connectivity index (χ4n) is 1.11. The lowest BCUT2D eigenvalue weighted by molar-refractivity contribution is 0.606. The molecule has 1 rings (SSSR count). The van der Waals surface area contributed by atoms with Gasteiger partial charge in [0, 0.05) is 21.5 Å². The van der Waals surface area contributed by atoms with Crippen LogP contribution in [0.15, 0.2) is 28.0 Å². The Morgan fingerprint density at radius 2 is 1.84 bits per heavy atom. The zero-order chi connectivity index (χ0) is 14.6. The summed E-state index contributed by atoms with van der Waals surface area (Å²) in [6, 6.07) is 4.91. The van der Waals surface area contributed by atoms with E-state index in [4.69, 9.17) is 28.9 Å². The largest absolute Gasteiger partial charge is 0.386 e. The number of nitrogens with zero attached hydrogens (tertiary/aromatic N) is 1. The summed E-state index contributed by atoms with van der Waals surface area (Å²) in [5, 5.41) is 1.65. The van der Waals surface area contributed by atoms with Crippen molar-refractivity contribution in [1.29, 1.82) is 0 Å². The lowest BCUT2D eigenvalue weighted by Gasteiger charge is -2.03. The Morgan fingerprint density at radius 1 is 1.32 bits per heavy atom. The van der Waals surface area contributed by atoms with Gasteiger partial charge in [0.1, 0.15) is 5.84 Å². The van der Waals surface area contributed by atoms with Crippen LogP contribution < -0.4 is 5.73 Å². The van der Waals surface area contributed by atoms with E-state index >= 15 is 0 Å². The Labute approximate surface area is 123 Å². The number of nitrogens with two attached hydrogens (primary N) is 1. The van der Waals surface area contributed by atoms with Crippen molar-refractivity contribution in [2.45, 2.75) is 13.8 Å². The number of amidine groups is 1. The first kappa shape index (κ1) is 16.0. The van der Waals surface area contributed by atoms with Crippen molar-refractivity contribution in [1.82, 2.24) is 0 Å². The van der Waals surface area contributed by atoms with Gasteiger partial charge in [0.2, 0.25) is 0 Å². The molecule has 0 amide bonds. The van der Waals surface area contributed by atoms with Crippen LogP contribution in [0.2, 0.25) is 10.0 Å². The van der Waals surface area contributed by atoms with E-state index in [-0.39, 0.29) is 11.8 Å². The second kappa shape index (κ2) is 6.41.